The lowest BCUT2D eigenvalue weighted by Gasteiger charge is -2.26. The van der Waals surface area contributed by atoms with Crippen LogP contribution in [0, 0.1) is 6.92 Å². The van der Waals surface area contributed by atoms with Crippen molar-refractivity contribution in [3.63, 3.8) is 0 Å². The van der Waals surface area contributed by atoms with E-state index in [1.54, 1.807) is 0 Å². The largest absolute Gasteiger partial charge is 0.314 e. The maximum absolute atomic E-state index is 4.42. The molecule has 3 nitrogen and oxygen atoms in total. The van der Waals surface area contributed by atoms with Crippen molar-refractivity contribution in [1.82, 2.24) is 15.6 Å². The molecule has 2 rings (SSSR count). The molecule has 1 saturated heterocycles. The third-order valence-electron chi connectivity index (χ3n) is 3.79. The summed E-state index contributed by atoms with van der Waals surface area (Å²) >= 11 is 0. The summed E-state index contributed by atoms with van der Waals surface area (Å²) in [5.41, 5.74) is 2.44. The first-order valence-electron chi connectivity index (χ1n) is 7.13. The van der Waals surface area contributed by atoms with Crippen LogP contribution in [-0.4, -0.2) is 23.6 Å². The number of piperidine rings is 1. The molecule has 2 atom stereocenters. The van der Waals surface area contributed by atoms with Crippen molar-refractivity contribution < 1.29 is 0 Å². The SMILES string of the molecule is Cc1cccnc1CNC(C)CC1CCCCN1. The van der Waals surface area contributed by atoms with Crippen molar-refractivity contribution in [2.24, 2.45) is 0 Å². The monoisotopic (exact) mass is 247 g/mol. The summed E-state index contributed by atoms with van der Waals surface area (Å²) < 4.78 is 0. The van der Waals surface area contributed by atoms with Gasteiger partial charge in [0, 0.05) is 24.8 Å². The Bertz CT molecular complexity index is 359. The lowest BCUT2D eigenvalue weighted by atomic mass is 9.99. The zero-order chi connectivity index (χ0) is 12.8. The van der Waals surface area contributed by atoms with Gasteiger partial charge in [0.15, 0.2) is 0 Å². The van der Waals surface area contributed by atoms with Crippen molar-refractivity contribution in [2.75, 3.05) is 6.54 Å². The molecule has 0 aromatic carbocycles. The highest BCUT2D eigenvalue weighted by Gasteiger charge is 2.15. The van der Waals surface area contributed by atoms with Crippen LogP contribution in [0.15, 0.2) is 18.3 Å². The molecule has 1 aliphatic heterocycles. The van der Waals surface area contributed by atoms with Gasteiger partial charge in [-0.15, -0.1) is 0 Å². The molecule has 1 aliphatic rings. The minimum Gasteiger partial charge on any atom is -0.314 e. The summed E-state index contributed by atoms with van der Waals surface area (Å²) in [5, 5.41) is 7.19. The molecule has 100 valence electrons. The normalized spacial score (nSPS) is 21.8. The van der Waals surface area contributed by atoms with Gasteiger partial charge in [0.2, 0.25) is 0 Å². The number of nitrogens with one attached hydrogen (secondary N) is 2. The molecular formula is C15H25N3. The van der Waals surface area contributed by atoms with E-state index in [-0.39, 0.29) is 0 Å². The zero-order valence-corrected chi connectivity index (χ0v) is 11.6. The molecule has 18 heavy (non-hydrogen) atoms. The second kappa shape index (κ2) is 6.86. The summed E-state index contributed by atoms with van der Waals surface area (Å²) in [6.45, 7) is 6.46. The van der Waals surface area contributed by atoms with Crippen LogP contribution < -0.4 is 10.6 Å². The fraction of sp³-hybridized carbons (Fsp3) is 0.667. The number of pyridine rings is 1. The Morgan fingerprint density at radius 2 is 2.39 bits per heavy atom. The topological polar surface area (TPSA) is 37.0 Å². The van der Waals surface area contributed by atoms with Gasteiger partial charge >= 0.3 is 0 Å². The first kappa shape index (κ1) is 13.5. The van der Waals surface area contributed by atoms with E-state index in [0.717, 1.165) is 6.54 Å². The van der Waals surface area contributed by atoms with Crippen LogP contribution >= 0.6 is 0 Å². The molecule has 2 N–H and O–H groups in total. The van der Waals surface area contributed by atoms with Gasteiger partial charge in [-0.25, -0.2) is 0 Å². The van der Waals surface area contributed by atoms with Gasteiger partial charge in [-0.05, 0) is 51.3 Å². The number of hydrogen-bond donors (Lipinski definition) is 2. The fourth-order valence-corrected chi connectivity index (χ4v) is 2.61. The molecule has 1 fully saturated rings. The minimum absolute atomic E-state index is 0.544. The molecular weight excluding hydrogens is 222 g/mol. The molecule has 1 aromatic rings. The van der Waals surface area contributed by atoms with Crippen LogP contribution in [0.25, 0.3) is 0 Å². The Morgan fingerprint density at radius 3 is 3.11 bits per heavy atom. The summed E-state index contributed by atoms with van der Waals surface area (Å²) in [6, 6.07) is 5.36. The van der Waals surface area contributed by atoms with Gasteiger partial charge in [-0.2, -0.15) is 0 Å². The smallest absolute Gasteiger partial charge is 0.0570 e. The van der Waals surface area contributed by atoms with Crippen molar-refractivity contribution in [3.05, 3.63) is 29.6 Å². The molecule has 0 spiro atoms. The Kier molecular flexibility index (Phi) is 5.14. The van der Waals surface area contributed by atoms with Crippen LogP contribution in [0.1, 0.15) is 43.9 Å². The number of nitrogens with zero attached hydrogens (tertiary/aromatic N) is 1. The highest BCUT2D eigenvalue weighted by Crippen LogP contribution is 2.12. The van der Waals surface area contributed by atoms with Gasteiger partial charge < -0.3 is 10.6 Å². The molecule has 0 saturated carbocycles. The minimum atomic E-state index is 0.544. The Labute approximate surface area is 110 Å². The lowest BCUT2D eigenvalue weighted by Crippen LogP contribution is -2.39. The molecule has 0 amide bonds. The van der Waals surface area contributed by atoms with Gasteiger partial charge in [-0.3, -0.25) is 4.98 Å². The maximum Gasteiger partial charge on any atom is 0.0570 e. The maximum atomic E-state index is 4.42. The Balaban J connectivity index is 1.74. The van der Waals surface area contributed by atoms with E-state index in [2.05, 4.69) is 35.5 Å². The summed E-state index contributed by atoms with van der Waals surface area (Å²) in [7, 11) is 0. The van der Waals surface area contributed by atoms with Gasteiger partial charge in [0.1, 0.15) is 0 Å². The van der Waals surface area contributed by atoms with E-state index < -0.39 is 0 Å². The van der Waals surface area contributed by atoms with Crippen LogP contribution in [-0.2, 0) is 6.54 Å². The average molecular weight is 247 g/mol. The highest BCUT2D eigenvalue weighted by atomic mass is 15.0. The van der Waals surface area contributed by atoms with E-state index in [1.165, 1.54) is 43.5 Å². The number of rotatable bonds is 5. The van der Waals surface area contributed by atoms with Crippen LogP contribution in [0.2, 0.25) is 0 Å². The van der Waals surface area contributed by atoms with Crippen molar-refractivity contribution in [2.45, 2.75) is 58.2 Å². The number of aryl methyl sites for hydroxylation is 1. The number of aromatic nitrogens is 1. The lowest BCUT2D eigenvalue weighted by molar-refractivity contribution is 0.344. The first-order valence-corrected chi connectivity index (χ1v) is 7.13. The summed E-state index contributed by atoms with van der Waals surface area (Å²) in [5.74, 6) is 0. The fourth-order valence-electron chi connectivity index (χ4n) is 2.61. The van der Waals surface area contributed by atoms with Crippen molar-refractivity contribution in [1.29, 1.82) is 0 Å². The average Bonchev–Trinajstić information content (AvgIpc) is 2.39. The van der Waals surface area contributed by atoms with Crippen LogP contribution in [0.5, 0.6) is 0 Å². The standard InChI is InChI=1S/C15H25N3/c1-12-6-5-9-17-15(12)11-18-13(2)10-14-7-3-4-8-16-14/h5-6,9,13-14,16,18H,3-4,7-8,10-11H2,1-2H3. The predicted molar refractivity (Wildman–Crippen MR) is 75.5 cm³/mol. The van der Waals surface area contributed by atoms with Crippen LogP contribution in [0.3, 0.4) is 0 Å². The summed E-state index contributed by atoms with van der Waals surface area (Å²) in [4.78, 5) is 4.42. The third kappa shape index (κ3) is 4.07. The quantitative estimate of drug-likeness (QED) is 0.839. The van der Waals surface area contributed by atoms with Crippen LogP contribution in [0.4, 0.5) is 0 Å². The highest BCUT2D eigenvalue weighted by molar-refractivity contribution is 5.17. The first-order chi connectivity index (χ1) is 8.75. The third-order valence-corrected chi connectivity index (χ3v) is 3.79. The molecule has 2 unspecified atom stereocenters. The molecule has 0 radical (unpaired) electrons. The molecule has 0 bridgehead atoms. The zero-order valence-electron chi connectivity index (χ0n) is 11.6. The number of hydrogen-bond acceptors (Lipinski definition) is 3. The second-order valence-corrected chi connectivity index (χ2v) is 5.43. The molecule has 0 aliphatic carbocycles. The van der Waals surface area contributed by atoms with Crippen molar-refractivity contribution >= 4 is 0 Å². The van der Waals surface area contributed by atoms with Gasteiger partial charge in [-0.1, -0.05) is 12.5 Å². The summed E-state index contributed by atoms with van der Waals surface area (Å²) in [6.07, 6.45) is 7.13. The second-order valence-electron chi connectivity index (χ2n) is 5.43. The van der Waals surface area contributed by atoms with Gasteiger partial charge in [0.05, 0.1) is 5.69 Å². The van der Waals surface area contributed by atoms with E-state index >= 15 is 0 Å². The Hall–Kier alpha value is -0.930. The van der Waals surface area contributed by atoms with E-state index in [9.17, 15) is 0 Å². The molecule has 2 heterocycles. The van der Waals surface area contributed by atoms with E-state index in [4.69, 9.17) is 0 Å². The molecule has 1 aromatic heterocycles. The van der Waals surface area contributed by atoms with E-state index in [0.29, 0.717) is 12.1 Å². The van der Waals surface area contributed by atoms with E-state index in [1.807, 2.05) is 12.3 Å². The molecule has 3 heteroatoms. The Morgan fingerprint density at radius 1 is 1.50 bits per heavy atom. The predicted octanol–water partition coefficient (Wildman–Crippen LogP) is 2.40. The van der Waals surface area contributed by atoms with Crippen molar-refractivity contribution in [3.8, 4) is 0 Å². The van der Waals surface area contributed by atoms with Gasteiger partial charge in [0.25, 0.3) is 0 Å².